The standard InChI is InChI=1S/C14H19NO/c1-13(2)12(16)15(4)14(13,3)10-11-8-6-5-7-9-11/h5-9H,10H2,1-4H3. The van der Waals surface area contributed by atoms with Gasteiger partial charge < -0.3 is 4.90 Å². The van der Waals surface area contributed by atoms with E-state index in [0.717, 1.165) is 6.42 Å². The van der Waals surface area contributed by atoms with Crippen molar-refractivity contribution in [2.75, 3.05) is 7.05 Å². The summed E-state index contributed by atoms with van der Waals surface area (Å²) in [6.45, 7) is 6.25. The summed E-state index contributed by atoms with van der Waals surface area (Å²) in [6.07, 6.45) is 0.920. The second kappa shape index (κ2) is 3.34. The number of likely N-dealkylation sites (tertiary alicyclic amines) is 1. The molecule has 2 nitrogen and oxygen atoms in total. The summed E-state index contributed by atoms with van der Waals surface area (Å²) in [4.78, 5) is 13.7. The van der Waals surface area contributed by atoms with Gasteiger partial charge in [0.2, 0.25) is 5.91 Å². The molecule has 1 unspecified atom stereocenters. The first kappa shape index (κ1) is 11.2. The maximum absolute atomic E-state index is 11.8. The van der Waals surface area contributed by atoms with Crippen molar-refractivity contribution in [3.05, 3.63) is 35.9 Å². The molecule has 1 heterocycles. The Morgan fingerprint density at radius 3 is 2.19 bits per heavy atom. The second-order valence-corrected chi connectivity index (χ2v) is 5.43. The van der Waals surface area contributed by atoms with Gasteiger partial charge in [-0.25, -0.2) is 0 Å². The molecule has 1 fully saturated rings. The van der Waals surface area contributed by atoms with Crippen LogP contribution in [0.25, 0.3) is 0 Å². The fraction of sp³-hybridized carbons (Fsp3) is 0.500. The SMILES string of the molecule is CN1C(=O)C(C)(C)C1(C)Cc1ccccc1. The molecule has 86 valence electrons. The maximum atomic E-state index is 11.8. The first-order valence-corrected chi connectivity index (χ1v) is 5.72. The number of hydrogen-bond acceptors (Lipinski definition) is 1. The Morgan fingerprint density at radius 2 is 1.69 bits per heavy atom. The van der Waals surface area contributed by atoms with Gasteiger partial charge in [-0.1, -0.05) is 30.3 Å². The predicted molar refractivity (Wildman–Crippen MR) is 65.1 cm³/mol. The van der Waals surface area contributed by atoms with Crippen molar-refractivity contribution in [3.8, 4) is 0 Å². The zero-order valence-electron chi connectivity index (χ0n) is 10.4. The Balaban J connectivity index is 2.25. The summed E-state index contributed by atoms with van der Waals surface area (Å²) < 4.78 is 0. The van der Waals surface area contributed by atoms with Gasteiger partial charge in [0.1, 0.15) is 0 Å². The van der Waals surface area contributed by atoms with Crippen molar-refractivity contribution in [2.45, 2.75) is 32.7 Å². The molecule has 0 aliphatic carbocycles. The van der Waals surface area contributed by atoms with E-state index >= 15 is 0 Å². The van der Waals surface area contributed by atoms with E-state index in [4.69, 9.17) is 0 Å². The normalized spacial score (nSPS) is 27.8. The lowest BCUT2D eigenvalue weighted by molar-refractivity contribution is -0.180. The summed E-state index contributed by atoms with van der Waals surface area (Å²) in [5.41, 5.74) is 0.973. The van der Waals surface area contributed by atoms with Crippen molar-refractivity contribution in [3.63, 3.8) is 0 Å². The third kappa shape index (κ3) is 1.29. The van der Waals surface area contributed by atoms with Crippen LogP contribution in [0.3, 0.4) is 0 Å². The number of hydrogen-bond donors (Lipinski definition) is 0. The molecule has 1 aromatic carbocycles. The Morgan fingerprint density at radius 1 is 1.12 bits per heavy atom. The fourth-order valence-electron chi connectivity index (χ4n) is 2.57. The molecule has 1 aliphatic rings. The smallest absolute Gasteiger partial charge is 0.230 e. The number of benzene rings is 1. The minimum absolute atomic E-state index is 0.0641. The molecule has 1 saturated heterocycles. The molecule has 2 heteroatoms. The topological polar surface area (TPSA) is 20.3 Å². The van der Waals surface area contributed by atoms with Crippen molar-refractivity contribution in [2.24, 2.45) is 5.41 Å². The van der Waals surface area contributed by atoms with Gasteiger partial charge in [0.15, 0.2) is 0 Å². The fourth-order valence-corrected chi connectivity index (χ4v) is 2.57. The Labute approximate surface area is 97.3 Å². The molecule has 2 rings (SSSR count). The Hall–Kier alpha value is -1.31. The average Bonchev–Trinajstić information content (AvgIpc) is 2.28. The number of carbonyl (C=O) groups excluding carboxylic acids is 1. The van der Waals surface area contributed by atoms with E-state index in [1.165, 1.54) is 5.56 Å². The zero-order chi connectivity index (χ0) is 12.0. The number of amides is 1. The van der Waals surface area contributed by atoms with Crippen LogP contribution in [-0.4, -0.2) is 23.4 Å². The molecule has 1 aliphatic heterocycles. The first-order valence-electron chi connectivity index (χ1n) is 5.72. The summed E-state index contributed by atoms with van der Waals surface area (Å²) >= 11 is 0. The van der Waals surface area contributed by atoms with E-state index < -0.39 is 0 Å². The minimum Gasteiger partial charge on any atom is -0.338 e. The molecule has 0 radical (unpaired) electrons. The van der Waals surface area contributed by atoms with Gasteiger partial charge in [-0.05, 0) is 32.8 Å². The van der Waals surface area contributed by atoms with Gasteiger partial charge in [0, 0.05) is 7.05 Å². The Kier molecular flexibility index (Phi) is 2.33. The van der Waals surface area contributed by atoms with E-state index in [0.29, 0.717) is 0 Å². The van der Waals surface area contributed by atoms with Crippen LogP contribution in [0.1, 0.15) is 26.3 Å². The van der Waals surface area contributed by atoms with Gasteiger partial charge in [-0.2, -0.15) is 0 Å². The number of likely N-dealkylation sites (N-methyl/N-ethyl adjacent to an activating group) is 1. The van der Waals surface area contributed by atoms with Crippen LogP contribution in [0.2, 0.25) is 0 Å². The van der Waals surface area contributed by atoms with E-state index in [1.807, 2.05) is 44.0 Å². The molecule has 1 atom stereocenters. The van der Waals surface area contributed by atoms with Gasteiger partial charge in [-0.3, -0.25) is 4.79 Å². The molecule has 0 bridgehead atoms. The number of carbonyl (C=O) groups is 1. The summed E-state index contributed by atoms with van der Waals surface area (Å²) in [5, 5.41) is 0. The van der Waals surface area contributed by atoms with Crippen LogP contribution in [0.15, 0.2) is 30.3 Å². The van der Waals surface area contributed by atoms with Crippen molar-refractivity contribution >= 4 is 5.91 Å². The largest absolute Gasteiger partial charge is 0.338 e. The quantitative estimate of drug-likeness (QED) is 0.697. The third-order valence-electron chi connectivity index (χ3n) is 4.32. The molecular formula is C14H19NO. The molecule has 1 amide bonds. The summed E-state index contributed by atoms with van der Waals surface area (Å²) in [7, 11) is 1.90. The van der Waals surface area contributed by atoms with E-state index in [1.54, 1.807) is 0 Å². The highest BCUT2D eigenvalue weighted by molar-refractivity contribution is 5.91. The van der Waals surface area contributed by atoms with Crippen LogP contribution < -0.4 is 0 Å². The molecule has 0 N–H and O–H groups in total. The van der Waals surface area contributed by atoms with Gasteiger partial charge in [0.05, 0.1) is 11.0 Å². The molecular weight excluding hydrogens is 198 g/mol. The van der Waals surface area contributed by atoms with E-state index in [9.17, 15) is 4.79 Å². The highest BCUT2D eigenvalue weighted by atomic mass is 16.2. The molecule has 0 saturated carbocycles. The molecule has 1 aromatic rings. The van der Waals surface area contributed by atoms with Gasteiger partial charge in [-0.15, -0.1) is 0 Å². The first-order chi connectivity index (χ1) is 7.39. The van der Waals surface area contributed by atoms with E-state index in [2.05, 4.69) is 19.1 Å². The van der Waals surface area contributed by atoms with Crippen molar-refractivity contribution in [1.82, 2.24) is 4.90 Å². The third-order valence-corrected chi connectivity index (χ3v) is 4.32. The lowest BCUT2D eigenvalue weighted by atomic mass is 9.61. The zero-order valence-corrected chi connectivity index (χ0v) is 10.4. The summed E-state index contributed by atoms with van der Waals surface area (Å²) in [5.74, 6) is 0.242. The monoisotopic (exact) mass is 217 g/mol. The average molecular weight is 217 g/mol. The number of nitrogens with zero attached hydrogens (tertiary/aromatic N) is 1. The van der Waals surface area contributed by atoms with Crippen LogP contribution >= 0.6 is 0 Å². The number of rotatable bonds is 2. The van der Waals surface area contributed by atoms with Crippen molar-refractivity contribution in [1.29, 1.82) is 0 Å². The van der Waals surface area contributed by atoms with Crippen LogP contribution in [-0.2, 0) is 11.2 Å². The lowest BCUT2D eigenvalue weighted by Crippen LogP contribution is -2.73. The van der Waals surface area contributed by atoms with Crippen LogP contribution in [0.5, 0.6) is 0 Å². The summed E-state index contributed by atoms with van der Waals surface area (Å²) in [6, 6.07) is 10.4. The van der Waals surface area contributed by atoms with Crippen LogP contribution in [0.4, 0.5) is 0 Å². The second-order valence-electron chi connectivity index (χ2n) is 5.43. The van der Waals surface area contributed by atoms with Gasteiger partial charge in [0.25, 0.3) is 0 Å². The highest BCUT2D eigenvalue weighted by Gasteiger charge is 2.60. The lowest BCUT2D eigenvalue weighted by Gasteiger charge is -2.60. The number of β-lactam (4-membered cyclic amide) rings is 1. The van der Waals surface area contributed by atoms with Crippen molar-refractivity contribution < 1.29 is 4.79 Å². The van der Waals surface area contributed by atoms with Gasteiger partial charge >= 0.3 is 0 Å². The van der Waals surface area contributed by atoms with E-state index in [-0.39, 0.29) is 16.9 Å². The highest BCUT2D eigenvalue weighted by Crippen LogP contribution is 2.48. The molecule has 16 heavy (non-hydrogen) atoms. The minimum atomic E-state index is -0.252. The predicted octanol–water partition coefficient (Wildman–Crippen LogP) is 2.49. The Bertz CT molecular complexity index is 410. The van der Waals surface area contributed by atoms with Crippen LogP contribution in [0, 0.1) is 5.41 Å². The maximum Gasteiger partial charge on any atom is 0.230 e. The molecule has 0 spiro atoms. The molecule has 0 aromatic heterocycles.